The zero-order valence-electron chi connectivity index (χ0n) is 12.4. The molecule has 20 heavy (non-hydrogen) atoms. The van der Waals surface area contributed by atoms with E-state index in [1.54, 1.807) is 0 Å². The molecule has 110 valence electrons. The third-order valence-corrected chi connectivity index (χ3v) is 4.23. The van der Waals surface area contributed by atoms with Crippen molar-refractivity contribution >= 4 is 5.82 Å². The molecule has 2 fully saturated rings. The van der Waals surface area contributed by atoms with E-state index >= 15 is 0 Å². The first-order chi connectivity index (χ1) is 9.74. The summed E-state index contributed by atoms with van der Waals surface area (Å²) in [4.78, 5) is 11.4. The number of hydrogen-bond donors (Lipinski definition) is 1. The molecule has 0 spiro atoms. The average molecular weight is 276 g/mol. The molecular weight excluding hydrogens is 252 g/mol. The molecule has 0 aromatic carbocycles. The highest BCUT2D eigenvalue weighted by atomic mass is 16.5. The number of anilines is 1. The lowest BCUT2D eigenvalue weighted by Gasteiger charge is -2.35. The third kappa shape index (κ3) is 3.10. The van der Waals surface area contributed by atoms with Gasteiger partial charge in [0, 0.05) is 30.9 Å². The summed E-state index contributed by atoms with van der Waals surface area (Å²) in [6.07, 6.45) is 3.82. The van der Waals surface area contributed by atoms with Crippen LogP contribution in [0.2, 0.25) is 0 Å². The highest BCUT2D eigenvalue weighted by Gasteiger charge is 2.31. The molecule has 2 saturated heterocycles. The maximum Gasteiger partial charge on any atom is 0.130 e. The molecule has 1 aromatic heterocycles. The first-order valence-electron chi connectivity index (χ1n) is 7.68. The molecule has 0 bridgehead atoms. The predicted octanol–water partition coefficient (Wildman–Crippen LogP) is 1.62. The predicted molar refractivity (Wildman–Crippen MR) is 79.0 cm³/mol. The molecule has 0 amide bonds. The Balaban J connectivity index is 1.55. The minimum absolute atomic E-state index is 0.268. The zero-order chi connectivity index (χ0) is 13.9. The summed E-state index contributed by atoms with van der Waals surface area (Å²) >= 11 is 0. The Morgan fingerprint density at radius 1 is 1.45 bits per heavy atom. The van der Waals surface area contributed by atoms with Gasteiger partial charge in [0.15, 0.2) is 0 Å². The van der Waals surface area contributed by atoms with Crippen molar-refractivity contribution in [3.05, 3.63) is 17.6 Å². The van der Waals surface area contributed by atoms with Gasteiger partial charge in [0.2, 0.25) is 0 Å². The van der Waals surface area contributed by atoms with E-state index in [1.165, 1.54) is 19.4 Å². The van der Waals surface area contributed by atoms with E-state index in [1.807, 2.05) is 13.0 Å². The number of fused-ring (bicyclic) bond motifs is 1. The van der Waals surface area contributed by atoms with Gasteiger partial charge in [-0.05, 0) is 32.7 Å². The van der Waals surface area contributed by atoms with Crippen molar-refractivity contribution in [1.29, 1.82) is 0 Å². The number of hydrogen-bond acceptors (Lipinski definition) is 5. The van der Waals surface area contributed by atoms with Crippen LogP contribution in [0.1, 0.15) is 31.3 Å². The number of nitrogens with one attached hydrogen (secondary N) is 1. The Kier molecular flexibility index (Phi) is 4.17. The van der Waals surface area contributed by atoms with Gasteiger partial charge in [-0.2, -0.15) is 0 Å². The van der Waals surface area contributed by atoms with Crippen LogP contribution in [-0.4, -0.2) is 53.3 Å². The summed E-state index contributed by atoms with van der Waals surface area (Å²) in [6.45, 7) is 8.04. The molecule has 2 aliphatic rings. The van der Waals surface area contributed by atoms with Crippen LogP contribution in [0.25, 0.3) is 0 Å². The quantitative estimate of drug-likeness (QED) is 0.905. The molecule has 2 atom stereocenters. The van der Waals surface area contributed by atoms with Crippen molar-refractivity contribution in [1.82, 2.24) is 14.9 Å². The van der Waals surface area contributed by atoms with Gasteiger partial charge in [0.25, 0.3) is 0 Å². The van der Waals surface area contributed by atoms with Gasteiger partial charge >= 0.3 is 0 Å². The van der Waals surface area contributed by atoms with E-state index in [2.05, 4.69) is 27.1 Å². The Hall–Kier alpha value is -1.20. The number of morpholine rings is 1. The number of nitrogens with zero attached hydrogens (tertiary/aromatic N) is 3. The standard InChI is InChI=1S/C15H24N4O/c1-3-12-7-15(18-11(2)17-12)16-8-14-9-19-6-4-5-13(19)10-20-14/h7,13-14H,3-6,8-10H2,1-2H3,(H,16,17,18). The first-order valence-corrected chi connectivity index (χ1v) is 7.68. The summed E-state index contributed by atoms with van der Waals surface area (Å²) in [5.74, 6) is 1.75. The van der Waals surface area contributed by atoms with Crippen molar-refractivity contribution in [3.8, 4) is 0 Å². The van der Waals surface area contributed by atoms with Crippen molar-refractivity contribution in [3.63, 3.8) is 0 Å². The molecule has 2 aliphatic heterocycles. The second-order valence-corrected chi connectivity index (χ2v) is 5.77. The number of aromatic nitrogens is 2. The van der Waals surface area contributed by atoms with E-state index in [0.717, 1.165) is 43.5 Å². The summed E-state index contributed by atoms with van der Waals surface area (Å²) in [5, 5.41) is 3.41. The van der Waals surface area contributed by atoms with Crippen molar-refractivity contribution in [2.24, 2.45) is 0 Å². The minimum atomic E-state index is 0.268. The van der Waals surface area contributed by atoms with Crippen LogP contribution in [0.4, 0.5) is 5.82 Å². The fourth-order valence-corrected chi connectivity index (χ4v) is 3.13. The minimum Gasteiger partial charge on any atom is -0.373 e. The van der Waals surface area contributed by atoms with E-state index < -0.39 is 0 Å². The molecular formula is C15H24N4O. The Labute approximate surface area is 120 Å². The van der Waals surface area contributed by atoms with Crippen LogP contribution < -0.4 is 5.32 Å². The lowest BCUT2D eigenvalue weighted by atomic mass is 10.2. The van der Waals surface area contributed by atoms with Crippen LogP contribution in [-0.2, 0) is 11.2 Å². The normalized spacial score (nSPS) is 26.5. The van der Waals surface area contributed by atoms with Gasteiger partial charge in [-0.15, -0.1) is 0 Å². The van der Waals surface area contributed by atoms with Crippen LogP contribution in [0.5, 0.6) is 0 Å². The highest BCUT2D eigenvalue weighted by molar-refractivity contribution is 5.36. The summed E-state index contributed by atoms with van der Waals surface area (Å²) in [5.41, 5.74) is 1.09. The first kappa shape index (κ1) is 13.8. The van der Waals surface area contributed by atoms with Crippen LogP contribution in [0.3, 0.4) is 0 Å². The van der Waals surface area contributed by atoms with Crippen molar-refractivity contribution < 1.29 is 4.74 Å². The monoisotopic (exact) mass is 276 g/mol. The maximum absolute atomic E-state index is 5.95. The third-order valence-electron chi connectivity index (χ3n) is 4.23. The molecule has 3 rings (SSSR count). The zero-order valence-corrected chi connectivity index (χ0v) is 12.4. The van der Waals surface area contributed by atoms with Crippen LogP contribution >= 0.6 is 0 Å². The topological polar surface area (TPSA) is 50.3 Å². The Morgan fingerprint density at radius 3 is 3.20 bits per heavy atom. The van der Waals surface area contributed by atoms with Crippen LogP contribution in [0.15, 0.2) is 6.07 Å². The molecule has 0 saturated carbocycles. The Bertz CT molecular complexity index is 465. The van der Waals surface area contributed by atoms with E-state index in [0.29, 0.717) is 6.04 Å². The highest BCUT2D eigenvalue weighted by Crippen LogP contribution is 2.22. The van der Waals surface area contributed by atoms with Gasteiger partial charge in [-0.25, -0.2) is 9.97 Å². The molecule has 0 radical (unpaired) electrons. The molecule has 1 N–H and O–H groups in total. The van der Waals surface area contributed by atoms with Gasteiger partial charge < -0.3 is 10.1 Å². The Morgan fingerprint density at radius 2 is 2.35 bits per heavy atom. The summed E-state index contributed by atoms with van der Waals surface area (Å²) < 4.78 is 5.95. The van der Waals surface area contributed by atoms with E-state index in [9.17, 15) is 0 Å². The fraction of sp³-hybridized carbons (Fsp3) is 0.733. The summed E-state index contributed by atoms with van der Waals surface area (Å²) in [7, 11) is 0. The van der Waals surface area contributed by atoms with Gasteiger partial charge in [0.05, 0.1) is 12.7 Å². The molecule has 5 nitrogen and oxygen atoms in total. The molecule has 0 aliphatic carbocycles. The maximum atomic E-state index is 5.95. The van der Waals surface area contributed by atoms with E-state index in [-0.39, 0.29) is 6.10 Å². The molecule has 5 heteroatoms. The summed E-state index contributed by atoms with van der Waals surface area (Å²) in [6, 6.07) is 2.70. The smallest absolute Gasteiger partial charge is 0.130 e. The molecule has 1 aromatic rings. The van der Waals surface area contributed by atoms with Gasteiger partial charge in [-0.3, -0.25) is 4.90 Å². The second-order valence-electron chi connectivity index (χ2n) is 5.77. The largest absolute Gasteiger partial charge is 0.373 e. The number of ether oxygens (including phenoxy) is 1. The number of aryl methyl sites for hydroxylation is 2. The lowest BCUT2D eigenvalue weighted by Crippen LogP contribution is -2.48. The van der Waals surface area contributed by atoms with Crippen LogP contribution in [0, 0.1) is 6.92 Å². The fourth-order valence-electron chi connectivity index (χ4n) is 3.13. The lowest BCUT2D eigenvalue weighted by molar-refractivity contribution is -0.0416. The molecule has 3 heterocycles. The van der Waals surface area contributed by atoms with Crippen molar-refractivity contribution in [2.45, 2.75) is 45.3 Å². The van der Waals surface area contributed by atoms with Crippen molar-refractivity contribution in [2.75, 3.05) is 31.6 Å². The number of rotatable bonds is 4. The second kappa shape index (κ2) is 6.06. The van der Waals surface area contributed by atoms with Gasteiger partial charge in [0.1, 0.15) is 11.6 Å². The molecule has 2 unspecified atom stereocenters. The SMILES string of the molecule is CCc1cc(NCC2CN3CCCC3CO2)nc(C)n1. The van der Waals surface area contributed by atoms with E-state index in [4.69, 9.17) is 4.74 Å². The van der Waals surface area contributed by atoms with Gasteiger partial charge in [-0.1, -0.05) is 6.92 Å². The average Bonchev–Trinajstić information content (AvgIpc) is 2.92.